The average Bonchev–Trinajstić information content (AvgIpc) is 2.60. The Morgan fingerprint density at radius 3 is 2.19 bits per heavy atom. The molecule has 0 radical (unpaired) electrons. The molecule has 2 heterocycles. The molecule has 0 spiro atoms. The minimum atomic E-state index is 0. The maximum atomic E-state index is 5.34. The van der Waals surface area contributed by atoms with Crippen LogP contribution in [0.15, 0.2) is 22.9 Å². The summed E-state index contributed by atoms with van der Waals surface area (Å²) < 4.78 is 6.36. The van der Waals surface area contributed by atoms with Crippen molar-refractivity contribution in [3.05, 3.63) is 22.9 Å². The third kappa shape index (κ3) is 15.1. The molecule has 3 nitrogen and oxygen atoms in total. The topological polar surface area (TPSA) is 34.2 Å². The van der Waals surface area contributed by atoms with Crippen LogP contribution in [0.25, 0.3) is 0 Å². The van der Waals surface area contributed by atoms with Gasteiger partial charge in [0.15, 0.2) is 0 Å². The van der Waals surface area contributed by atoms with E-state index in [-0.39, 0.29) is 24.8 Å². The van der Waals surface area contributed by atoms with E-state index < -0.39 is 0 Å². The van der Waals surface area contributed by atoms with Crippen LogP contribution < -0.4 is 5.32 Å². The molecule has 154 valence electrons. The van der Waals surface area contributed by atoms with E-state index in [9.17, 15) is 0 Å². The minimum Gasteiger partial charge on any atom is -0.384 e. The van der Waals surface area contributed by atoms with E-state index in [0.29, 0.717) is 0 Å². The molecule has 26 heavy (non-hydrogen) atoms. The van der Waals surface area contributed by atoms with Gasteiger partial charge in [0.1, 0.15) is 0 Å². The second-order valence-corrected chi connectivity index (χ2v) is 7.49. The molecule has 0 aliphatic carbocycles. The van der Waals surface area contributed by atoms with Crippen LogP contribution in [0.3, 0.4) is 0 Å². The first-order valence-electron chi connectivity index (χ1n) is 9.68. The molecule has 1 aromatic heterocycles. The molecule has 0 atom stereocenters. The second kappa shape index (κ2) is 19.7. The highest BCUT2D eigenvalue weighted by atomic mass is 79.9. The maximum absolute atomic E-state index is 5.34. The Balaban J connectivity index is 0. The van der Waals surface area contributed by atoms with Crippen LogP contribution in [0.4, 0.5) is 5.69 Å². The number of rotatable bonds is 9. The number of unbranched alkanes of at least 4 members (excludes halogenated alkanes) is 5. The van der Waals surface area contributed by atoms with Gasteiger partial charge in [0.2, 0.25) is 0 Å². The molecule has 0 amide bonds. The van der Waals surface area contributed by atoms with Crippen LogP contribution >= 0.6 is 40.7 Å². The molecular formula is C20H37BrCl2N2O. The van der Waals surface area contributed by atoms with Crippen molar-refractivity contribution in [3.63, 3.8) is 0 Å². The molecule has 0 aromatic carbocycles. The summed E-state index contributed by atoms with van der Waals surface area (Å²) in [5.41, 5.74) is 1.08. The number of hydrogen-bond donors (Lipinski definition) is 1. The lowest BCUT2D eigenvalue weighted by Gasteiger charge is -2.22. The quantitative estimate of drug-likeness (QED) is 0.384. The van der Waals surface area contributed by atoms with E-state index >= 15 is 0 Å². The summed E-state index contributed by atoms with van der Waals surface area (Å²) in [6.45, 7) is 7.40. The first kappa shape index (κ1) is 28.2. The highest BCUT2D eigenvalue weighted by Gasteiger charge is 2.12. The number of halogens is 3. The van der Waals surface area contributed by atoms with Crippen LogP contribution in [-0.4, -0.2) is 24.7 Å². The van der Waals surface area contributed by atoms with E-state index in [2.05, 4.69) is 46.1 Å². The van der Waals surface area contributed by atoms with Crippen LogP contribution in [-0.2, 0) is 4.74 Å². The van der Waals surface area contributed by atoms with Gasteiger partial charge in [0, 0.05) is 30.4 Å². The van der Waals surface area contributed by atoms with Gasteiger partial charge < -0.3 is 10.1 Å². The first-order chi connectivity index (χ1) is 11.8. The van der Waals surface area contributed by atoms with Gasteiger partial charge in [-0.05, 0) is 47.2 Å². The van der Waals surface area contributed by atoms with Crippen LogP contribution in [0, 0.1) is 5.92 Å². The van der Waals surface area contributed by atoms with Crippen molar-refractivity contribution in [2.75, 3.05) is 25.1 Å². The second-order valence-electron chi connectivity index (χ2n) is 6.58. The van der Waals surface area contributed by atoms with Gasteiger partial charge in [0.25, 0.3) is 0 Å². The number of aromatic nitrogens is 1. The monoisotopic (exact) mass is 470 g/mol. The van der Waals surface area contributed by atoms with Crippen molar-refractivity contribution in [1.82, 2.24) is 4.98 Å². The molecule has 6 heteroatoms. The summed E-state index contributed by atoms with van der Waals surface area (Å²) in [7, 11) is 0. The smallest absolute Gasteiger partial charge is 0.0538 e. The Bertz CT molecular complexity index is 413. The summed E-state index contributed by atoms with van der Waals surface area (Å²) in [5.74, 6) is 0.821. The highest BCUT2D eigenvalue weighted by Crippen LogP contribution is 2.19. The minimum absolute atomic E-state index is 0. The molecule has 0 saturated carbocycles. The normalized spacial score (nSPS) is 13.7. The lowest BCUT2D eigenvalue weighted by atomic mass is 9.97. The lowest BCUT2D eigenvalue weighted by molar-refractivity contribution is 0.0649. The van der Waals surface area contributed by atoms with Crippen molar-refractivity contribution >= 4 is 46.4 Å². The zero-order chi connectivity index (χ0) is 17.5. The fourth-order valence-electron chi connectivity index (χ4n) is 2.82. The van der Waals surface area contributed by atoms with Crippen molar-refractivity contribution in [2.24, 2.45) is 5.92 Å². The van der Waals surface area contributed by atoms with Gasteiger partial charge >= 0.3 is 0 Å². The third-order valence-corrected chi connectivity index (χ3v) is 4.82. The Morgan fingerprint density at radius 1 is 1.04 bits per heavy atom. The molecule has 1 saturated heterocycles. The number of nitrogens with one attached hydrogen (secondary N) is 1. The summed E-state index contributed by atoms with van der Waals surface area (Å²) in [6, 6.07) is 2.05. The van der Waals surface area contributed by atoms with E-state index in [4.69, 9.17) is 4.74 Å². The summed E-state index contributed by atoms with van der Waals surface area (Å²) >= 11 is 3.41. The number of anilines is 1. The van der Waals surface area contributed by atoms with E-state index in [0.717, 1.165) is 35.8 Å². The third-order valence-electron chi connectivity index (χ3n) is 4.38. The Hall–Kier alpha value is -0.0300. The van der Waals surface area contributed by atoms with Crippen LogP contribution in [0.2, 0.25) is 0 Å². The van der Waals surface area contributed by atoms with Gasteiger partial charge in [-0.2, -0.15) is 0 Å². The maximum Gasteiger partial charge on any atom is 0.0538 e. The molecule has 1 aromatic rings. The standard InChI is InChI=1S/C12H17BrN2O.C8H18.2ClH/c13-11-7-12(9-14-8-11)15-4-1-10-2-5-16-6-3-10;1-3-5-7-8-6-4-2;;/h7-10,15H,1-6H2;3-8H2,1-2H3;2*1H. The zero-order valence-corrected chi connectivity index (χ0v) is 19.6. The Labute approximate surface area is 181 Å². The van der Waals surface area contributed by atoms with E-state index in [1.807, 2.05) is 6.20 Å². The van der Waals surface area contributed by atoms with Gasteiger partial charge in [0.05, 0.1) is 11.9 Å². The lowest BCUT2D eigenvalue weighted by Crippen LogP contribution is -2.18. The predicted octanol–water partition coefficient (Wildman–Crippen LogP) is 7.28. The summed E-state index contributed by atoms with van der Waals surface area (Å²) in [4.78, 5) is 4.12. The van der Waals surface area contributed by atoms with Crippen LogP contribution in [0.1, 0.15) is 71.6 Å². The van der Waals surface area contributed by atoms with Crippen molar-refractivity contribution in [2.45, 2.75) is 71.6 Å². The van der Waals surface area contributed by atoms with Crippen molar-refractivity contribution < 1.29 is 4.74 Å². The van der Waals surface area contributed by atoms with Gasteiger partial charge in [-0.15, -0.1) is 24.8 Å². The van der Waals surface area contributed by atoms with Crippen molar-refractivity contribution in [1.29, 1.82) is 0 Å². The zero-order valence-electron chi connectivity index (χ0n) is 16.3. The molecular weight excluding hydrogens is 435 g/mol. The Morgan fingerprint density at radius 2 is 1.65 bits per heavy atom. The Kier molecular flexibility index (Phi) is 21.4. The van der Waals surface area contributed by atoms with Gasteiger partial charge in [-0.25, -0.2) is 0 Å². The largest absolute Gasteiger partial charge is 0.384 e. The predicted molar refractivity (Wildman–Crippen MR) is 122 cm³/mol. The molecule has 0 unspecified atom stereocenters. The molecule has 2 rings (SSSR count). The van der Waals surface area contributed by atoms with Gasteiger partial charge in [-0.1, -0.05) is 52.4 Å². The fraction of sp³-hybridized carbons (Fsp3) is 0.750. The number of pyridine rings is 1. The number of hydrogen-bond acceptors (Lipinski definition) is 3. The number of ether oxygens (including phenoxy) is 1. The van der Waals surface area contributed by atoms with Crippen molar-refractivity contribution in [3.8, 4) is 0 Å². The highest BCUT2D eigenvalue weighted by molar-refractivity contribution is 9.10. The molecule has 1 fully saturated rings. The SMILES string of the molecule is Brc1cncc(NCCC2CCOCC2)c1.CCCCCCCC.Cl.Cl. The van der Waals surface area contributed by atoms with E-state index in [1.165, 1.54) is 57.8 Å². The van der Waals surface area contributed by atoms with Crippen LogP contribution in [0.5, 0.6) is 0 Å². The van der Waals surface area contributed by atoms with E-state index in [1.54, 1.807) is 6.20 Å². The van der Waals surface area contributed by atoms with Gasteiger partial charge in [-0.3, -0.25) is 4.98 Å². The fourth-order valence-corrected chi connectivity index (χ4v) is 3.18. The molecule has 0 bridgehead atoms. The molecule has 1 aliphatic rings. The molecule has 1 N–H and O–H groups in total. The first-order valence-corrected chi connectivity index (χ1v) is 10.5. The molecule has 1 aliphatic heterocycles. The average molecular weight is 472 g/mol. The summed E-state index contributed by atoms with van der Waals surface area (Å²) in [6.07, 6.45) is 15.8. The number of nitrogens with zero attached hydrogens (tertiary/aromatic N) is 1. The summed E-state index contributed by atoms with van der Waals surface area (Å²) in [5, 5.41) is 3.40.